The largest absolute Gasteiger partial charge is 0.379 e. The smallest absolute Gasteiger partial charge is 0.243 e. The van der Waals surface area contributed by atoms with E-state index in [1.165, 1.54) is 0 Å². The normalized spacial score (nSPS) is 11.6. The van der Waals surface area contributed by atoms with Gasteiger partial charge in [-0.1, -0.05) is 13.8 Å². The highest BCUT2D eigenvalue weighted by atomic mass is 16.5. The quantitative estimate of drug-likeness (QED) is 0.189. The van der Waals surface area contributed by atoms with Crippen LogP contribution in [0.4, 0.5) is 0 Å². The van der Waals surface area contributed by atoms with Gasteiger partial charge in [-0.15, -0.1) is 0 Å². The highest BCUT2D eigenvalue weighted by Gasteiger charge is 2.24. The molecule has 0 aromatic heterocycles. The molecule has 0 radical (unpaired) electrons. The zero-order chi connectivity index (χ0) is 21.4. The van der Waals surface area contributed by atoms with Gasteiger partial charge in [0.25, 0.3) is 0 Å². The second kappa shape index (κ2) is 15.8. The summed E-state index contributed by atoms with van der Waals surface area (Å²) in [6, 6.07) is -0.836. The average Bonchev–Trinajstić information content (AvgIpc) is 2.67. The van der Waals surface area contributed by atoms with Crippen LogP contribution in [0.1, 0.15) is 20.8 Å². The lowest BCUT2D eigenvalue weighted by atomic mass is 10.0. The number of nitrogens with one attached hydrogen (secondary N) is 4. The second-order valence-corrected chi connectivity index (χ2v) is 6.15. The summed E-state index contributed by atoms with van der Waals surface area (Å²) in [6.45, 7) is 6.89. The van der Waals surface area contributed by atoms with E-state index in [1.807, 2.05) is 6.92 Å². The van der Waals surface area contributed by atoms with E-state index >= 15 is 0 Å². The Hall–Kier alpha value is -2.24. The van der Waals surface area contributed by atoms with Crippen LogP contribution in [0.3, 0.4) is 0 Å². The molecule has 0 unspecified atom stereocenters. The van der Waals surface area contributed by atoms with E-state index in [9.17, 15) is 19.2 Å². The Morgan fingerprint density at radius 1 is 0.857 bits per heavy atom. The first kappa shape index (κ1) is 25.8. The Balaban J connectivity index is 4.13. The number of hydrogen-bond acceptors (Lipinski definition) is 7. The molecule has 0 spiro atoms. The maximum absolute atomic E-state index is 12.2. The number of ether oxygens (including phenoxy) is 2. The minimum absolute atomic E-state index is 0.212. The summed E-state index contributed by atoms with van der Waals surface area (Å²) in [7, 11) is 0. The summed E-state index contributed by atoms with van der Waals surface area (Å²) in [6.07, 6.45) is 0. The molecule has 0 aliphatic heterocycles. The molecule has 0 aliphatic carbocycles. The van der Waals surface area contributed by atoms with Gasteiger partial charge >= 0.3 is 0 Å². The molecule has 0 bridgehead atoms. The van der Waals surface area contributed by atoms with Crippen LogP contribution in [0, 0.1) is 5.92 Å². The van der Waals surface area contributed by atoms with Crippen molar-refractivity contribution in [1.82, 2.24) is 21.3 Å². The number of hydrogen-bond donors (Lipinski definition) is 5. The summed E-state index contributed by atoms with van der Waals surface area (Å²) in [5, 5.41) is 9.94. The molecule has 0 fully saturated rings. The Morgan fingerprint density at radius 3 is 2.11 bits per heavy atom. The average molecular weight is 403 g/mol. The highest BCUT2D eigenvalue weighted by Crippen LogP contribution is 2.01. The van der Waals surface area contributed by atoms with Crippen molar-refractivity contribution in [2.45, 2.75) is 26.8 Å². The SMILES string of the molecule is CCOCCOCCNC(=O)CNC(=O)[C@@H](NC(=O)CNC(=O)CN)C(C)C. The molecular weight excluding hydrogens is 370 g/mol. The van der Waals surface area contributed by atoms with Crippen molar-refractivity contribution < 1.29 is 28.7 Å². The summed E-state index contributed by atoms with van der Waals surface area (Å²) >= 11 is 0. The molecule has 162 valence electrons. The van der Waals surface area contributed by atoms with Gasteiger partial charge in [-0.05, 0) is 12.8 Å². The van der Waals surface area contributed by atoms with Gasteiger partial charge in [0.05, 0.1) is 39.5 Å². The minimum atomic E-state index is -0.836. The van der Waals surface area contributed by atoms with Crippen molar-refractivity contribution in [3.05, 3.63) is 0 Å². The fraction of sp³-hybridized carbons (Fsp3) is 0.765. The van der Waals surface area contributed by atoms with E-state index < -0.39 is 23.8 Å². The van der Waals surface area contributed by atoms with Crippen molar-refractivity contribution in [3.8, 4) is 0 Å². The molecule has 1 atom stereocenters. The molecule has 4 amide bonds. The van der Waals surface area contributed by atoms with E-state index in [0.717, 1.165) is 0 Å². The molecule has 0 heterocycles. The van der Waals surface area contributed by atoms with Gasteiger partial charge in [-0.2, -0.15) is 0 Å². The van der Waals surface area contributed by atoms with Crippen LogP contribution in [0.5, 0.6) is 0 Å². The van der Waals surface area contributed by atoms with Crippen molar-refractivity contribution in [2.75, 3.05) is 52.6 Å². The minimum Gasteiger partial charge on any atom is -0.379 e. The number of nitrogens with two attached hydrogens (primary N) is 1. The van der Waals surface area contributed by atoms with Gasteiger partial charge in [0.15, 0.2) is 0 Å². The molecule has 11 nitrogen and oxygen atoms in total. The lowest BCUT2D eigenvalue weighted by Crippen LogP contribution is -2.53. The number of carbonyl (C=O) groups excluding carboxylic acids is 4. The third-order valence-corrected chi connectivity index (χ3v) is 3.47. The van der Waals surface area contributed by atoms with Crippen LogP contribution in [-0.2, 0) is 28.7 Å². The van der Waals surface area contributed by atoms with E-state index in [-0.39, 0.29) is 31.5 Å². The predicted molar refractivity (Wildman–Crippen MR) is 102 cm³/mol. The van der Waals surface area contributed by atoms with Crippen molar-refractivity contribution in [2.24, 2.45) is 11.7 Å². The fourth-order valence-electron chi connectivity index (χ4n) is 1.98. The van der Waals surface area contributed by atoms with Gasteiger partial charge in [0.1, 0.15) is 6.04 Å². The monoisotopic (exact) mass is 403 g/mol. The molecule has 0 rings (SSSR count). The van der Waals surface area contributed by atoms with Crippen molar-refractivity contribution >= 4 is 23.6 Å². The molecule has 28 heavy (non-hydrogen) atoms. The Bertz CT molecular complexity index is 500. The Labute approximate surface area is 165 Å². The Morgan fingerprint density at radius 2 is 1.50 bits per heavy atom. The summed E-state index contributed by atoms with van der Waals surface area (Å²) in [4.78, 5) is 46.9. The first-order valence-electron chi connectivity index (χ1n) is 9.27. The standard InChI is InChI=1S/C17H33N5O6/c1-4-27-7-8-28-6-5-19-14(24)10-21-17(26)16(12(2)3)22-15(25)11-20-13(23)9-18/h12,16H,4-11,18H2,1-3H3,(H,19,24)(H,20,23)(H,21,26)(H,22,25)/t16-/m0/s1. The van der Waals surface area contributed by atoms with Crippen LogP contribution in [0.2, 0.25) is 0 Å². The molecule has 0 saturated carbocycles. The van der Waals surface area contributed by atoms with Gasteiger partial charge in [0, 0.05) is 13.2 Å². The van der Waals surface area contributed by atoms with Crippen LogP contribution in [-0.4, -0.2) is 82.3 Å². The van der Waals surface area contributed by atoms with Gasteiger partial charge < -0.3 is 36.5 Å². The van der Waals surface area contributed by atoms with Crippen LogP contribution < -0.4 is 27.0 Å². The molecule has 11 heteroatoms. The first-order chi connectivity index (χ1) is 13.3. The second-order valence-electron chi connectivity index (χ2n) is 6.15. The highest BCUT2D eigenvalue weighted by molar-refractivity contribution is 5.92. The van der Waals surface area contributed by atoms with Gasteiger partial charge in [0.2, 0.25) is 23.6 Å². The predicted octanol–water partition coefficient (Wildman–Crippen LogP) is -2.51. The summed E-state index contributed by atoms with van der Waals surface area (Å²) in [5.74, 6) is -2.07. The third-order valence-electron chi connectivity index (χ3n) is 3.47. The Kier molecular flexibility index (Phi) is 14.5. The molecule has 0 aromatic rings. The van der Waals surface area contributed by atoms with Crippen molar-refractivity contribution in [3.63, 3.8) is 0 Å². The van der Waals surface area contributed by atoms with Crippen LogP contribution in [0.25, 0.3) is 0 Å². The van der Waals surface area contributed by atoms with Gasteiger partial charge in [-0.25, -0.2) is 0 Å². The van der Waals surface area contributed by atoms with Crippen molar-refractivity contribution in [1.29, 1.82) is 0 Å². The molecular formula is C17H33N5O6. The maximum atomic E-state index is 12.2. The lowest BCUT2D eigenvalue weighted by Gasteiger charge is -2.21. The zero-order valence-electron chi connectivity index (χ0n) is 16.8. The number of amides is 4. The fourth-order valence-corrected chi connectivity index (χ4v) is 1.98. The van der Waals surface area contributed by atoms with E-state index in [4.69, 9.17) is 15.2 Å². The van der Waals surface area contributed by atoms with E-state index in [2.05, 4.69) is 21.3 Å². The molecule has 0 aliphatic rings. The topological polar surface area (TPSA) is 161 Å². The third kappa shape index (κ3) is 13.0. The molecule has 0 aromatic carbocycles. The van der Waals surface area contributed by atoms with Crippen LogP contribution >= 0.6 is 0 Å². The first-order valence-corrected chi connectivity index (χ1v) is 9.27. The molecule has 6 N–H and O–H groups in total. The van der Waals surface area contributed by atoms with E-state index in [0.29, 0.717) is 33.0 Å². The van der Waals surface area contributed by atoms with Gasteiger partial charge in [-0.3, -0.25) is 19.2 Å². The lowest BCUT2D eigenvalue weighted by molar-refractivity contribution is -0.131. The zero-order valence-corrected chi connectivity index (χ0v) is 16.8. The molecule has 0 saturated heterocycles. The summed E-state index contributed by atoms with van der Waals surface area (Å²) < 4.78 is 10.4. The summed E-state index contributed by atoms with van der Waals surface area (Å²) in [5.41, 5.74) is 5.14. The maximum Gasteiger partial charge on any atom is 0.243 e. The van der Waals surface area contributed by atoms with E-state index in [1.54, 1.807) is 13.8 Å². The number of rotatable bonds is 15. The number of carbonyl (C=O) groups is 4. The van der Waals surface area contributed by atoms with Crippen LogP contribution in [0.15, 0.2) is 0 Å².